The summed E-state index contributed by atoms with van der Waals surface area (Å²) in [6.45, 7) is 6.54. The van der Waals surface area contributed by atoms with Gasteiger partial charge in [-0.1, -0.05) is 32.4 Å². The fraction of sp³-hybridized carbons (Fsp3) is 0.524. The number of nitrogens with two attached hydrogens (primary N) is 1. The summed E-state index contributed by atoms with van der Waals surface area (Å²) in [6, 6.07) is 2.05. The molecule has 0 fully saturated rings. The van der Waals surface area contributed by atoms with Gasteiger partial charge in [0, 0.05) is 6.42 Å². The molecule has 0 heterocycles. The van der Waals surface area contributed by atoms with Crippen molar-refractivity contribution in [2.45, 2.75) is 64.7 Å². The molecule has 3 amide bonds. The molecule has 0 aliphatic rings. The number of aromatic hydroxyl groups is 1. The molecular formula is C21H32N4O6. The Morgan fingerprint density at radius 2 is 1.52 bits per heavy atom. The number of phenolic OH excluding ortho intramolecular Hbond substituents is 1. The first-order valence-electron chi connectivity index (χ1n) is 10.1. The Labute approximate surface area is 181 Å². The first-order valence-corrected chi connectivity index (χ1v) is 10.1. The van der Waals surface area contributed by atoms with E-state index in [1.54, 1.807) is 19.1 Å². The van der Waals surface area contributed by atoms with Crippen molar-refractivity contribution in [2.75, 3.05) is 0 Å². The summed E-state index contributed by atoms with van der Waals surface area (Å²) in [7, 11) is 0. The summed E-state index contributed by atoms with van der Waals surface area (Å²) in [6.07, 6.45) is 0.554. The fourth-order valence-corrected chi connectivity index (χ4v) is 2.72. The van der Waals surface area contributed by atoms with Crippen molar-refractivity contribution in [2.24, 2.45) is 11.7 Å². The molecule has 10 heteroatoms. The molecule has 1 aromatic rings. The Morgan fingerprint density at radius 1 is 0.935 bits per heavy atom. The number of hydrogen-bond acceptors (Lipinski definition) is 6. The molecule has 7 N–H and O–H groups in total. The number of nitrogens with one attached hydrogen (secondary N) is 3. The van der Waals surface area contributed by atoms with E-state index in [9.17, 15) is 29.4 Å². The molecule has 0 spiro atoms. The van der Waals surface area contributed by atoms with Crippen LogP contribution in [0.25, 0.3) is 0 Å². The van der Waals surface area contributed by atoms with Gasteiger partial charge in [-0.25, -0.2) is 4.79 Å². The quantitative estimate of drug-likeness (QED) is 0.281. The molecule has 1 aromatic carbocycles. The van der Waals surface area contributed by atoms with Gasteiger partial charge < -0.3 is 31.9 Å². The maximum atomic E-state index is 12.9. The van der Waals surface area contributed by atoms with Crippen LogP contribution >= 0.6 is 0 Å². The highest BCUT2D eigenvalue weighted by Crippen LogP contribution is 2.13. The van der Waals surface area contributed by atoms with Gasteiger partial charge in [-0.3, -0.25) is 14.4 Å². The molecule has 0 aromatic heterocycles. The lowest BCUT2D eigenvalue weighted by atomic mass is 9.97. The third-order valence-electron chi connectivity index (χ3n) is 4.95. The van der Waals surface area contributed by atoms with Crippen molar-refractivity contribution in [1.82, 2.24) is 16.0 Å². The van der Waals surface area contributed by atoms with E-state index in [0.29, 0.717) is 12.0 Å². The zero-order valence-corrected chi connectivity index (χ0v) is 18.2. The van der Waals surface area contributed by atoms with E-state index in [0.717, 1.165) is 0 Å². The topological polar surface area (TPSA) is 171 Å². The molecule has 172 valence electrons. The molecule has 0 aliphatic heterocycles. The van der Waals surface area contributed by atoms with E-state index in [4.69, 9.17) is 5.73 Å². The normalized spacial score (nSPS) is 15.6. The first-order chi connectivity index (χ1) is 14.5. The number of benzene rings is 1. The summed E-state index contributed by atoms with van der Waals surface area (Å²) >= 11 is 0. The maximum absolute atomic E-state index is 12.9. The van der Waals surface area contributed by atoms with Gasteiger partial charge >= 0.3 is 5.97 Å². The van der Waals surface area contributed by atoms with Crippen molar-refractivity contribution >= 4 is 23.7 Å². The number of carbonyl (C=O) groups excluding carboxylic acids is 3. The van der Waals surface area contributed by atoms with Crippen LogP contribution in [0.5, 0.6) is 5.75 Å². The summed E-state index contributed by atoms with van der Waals surface area (Å²) in [4.78, 5) is 48.7. The largest absolute Gasteiger partial charge is 0.508 e. The lowest BCUT2D eigenvalue weighted by molar-refractivity contribution is -0.142. The minimum Gasteiger partial charge on any atom is -0.508 e. The number of rotatable bonds is 11. The molecule has 0 aliphatic carbocycles. The summed E-state index contributed by atoms with van der Waals surface area (Å²) < 4.78 is 0. The summed E-state index contributed by atoms with van der Waals surface area (Å²) in [5.41, 5.74) is 6.09. The third-order valence-corrected chi connectivity index (χ3v) is 4.95. The van der Waals surface area contributed by atoms with Crippen LogP contribution in [0.15, 0.2) is 24.3 Å². The van der Waals surface area contributed by atoms with Crippen LogP contribution in [0.3, 0.4) is 0 Å². The van der Waals surface area contributed by atoms with Gasteiger partial charge in [-0.05, 0) is 37.5 Å². The summed E-state index contributed by atoms with van der Waals surface area (Å²) in [5.74, 6) is -3.20. The van der Waals surface area contributed by atoms with Gasteiger partial charge in [0.05, 0.1) is 6.04 Å². The minimum absolute atomic E-state index is 0.00335. The fourth-order valence-electron chi connectivity index (χ4n) is 2.72. The predicted molar refractivity (Wildman–Crippen MR) is 114 cm³/mol. The molecule has 31 heavy (non-hydrogen) atoms. The monoisotopic (exact) mass is 436 g/mol. The van der Waals surface area contributed by atoms with Gasteiger partial charge in [0.1, 0.15) is 23.9 Å². The van der Waals surface area contributed by atoms with E-state index >= 15 is 0 Å². The van der Waals surface area contributed by atoms with E-state index in [1.165, 1.54) is 26.0 Å². The highest BCUT2D eigenvalue weighted by molar-refractivity contribution is 5.94. The van der Waals surface area contributed by atoms with E-state index in [1.807, 2.05) is 6.92 Å². The lowest BCUT2D eigenvalue weighted by Crippen LogP contribution is -2.58. The number of hydrogen-bond donors (Lipinski definition) is 6. The van der Waals surface area contributed by atoms with E-state index in [-0.39, 0.29) is 18.1 Å². The molecule has 0 bridgehead atoms. The molecule has 1 rings (SSSR count). The van der Waals surface area contributed by atoms with Crippen molar-refractivity contribution in [1.29, 1.82) is 0 Å². The number of amides is 3. The number of aliphatic carboxylic acids is 1. The highest BCUT2D eigenvalue weighted by Gasteiger charge is 2.31. The van der Waals surface area contributed by atoms with E-state index in [2.05, 4.69) is 16.0 Å². The zero-order valence-electron chi connectivity index (χ0n) is 18.2. The van der Waals surface area contributed by atoms with Crippen LogP contribution in [0.4, 0.5) is 0 Å². The number of carbonyl (C=O) groups is 4. The van der Waals surface area contributed by atoms with Crippen molar-refractivity contribution in [3.8, 4) is 5.75 Å². The lowest BCUT2D eigenvalue weighted by Gasteiger charge is -2.27. The second kappa shape index (κ2) is 11.9. The molecule has 0 saturated heterocycles. The molecule has 0 radical (unpaired) electrons. The highest BCUT2D eigenvalue weighted by atomic mass is 16.4. The molecule has 5 unspecified atom stereocenters. The van der Waals surface area contributed by atoms with Gasteiger partial charge in [0.2, 0.25) is 17.7 Å². The van der Waals surface area contributed by atoms with Crippen LogP contribution < -0.4 is 21.7 Å². The van der Waals surface area contributed by atoms with Crippen LogP contribution in [0, 0.1) is 5.92 Å². The van der Waals surface area contributed by atoms with Gasteiger partial charge in [0.25, 0.3) is 0 Å². The average Bonchev–Trinajstić information content (AvgIpc) is 2.71. The first kappa shape index (κ1) is 25.9. The van der Waals surface area contributed by atoms with Gasteiger partial charge in [-0.2, -0.15) is 0 Å². The van der Waals surface area contributed by atoms with Crippen molar-refractivity contribution in [3.63, 3.8) is 0 Å². The van der Waals surface area contributed by atoms with Crippen LogP contribution in [-0.4, -0.2) is 58.1 Å². The summed E-state index contributed by atoms with van der Waals surface area (Å²) in [5, 5.41) is 26.4. The Bertz CT molecular complexity index is 781. The average molecular weight is 437 g/mol. The number of carboxylic acids is 1. The smallest absolute Gasteiger partial charge is 0.326 e. The Morgan fingerprint density at radius 3 is 2.00 bits per heavy atom. The minimum atomic E-state index is -1.23. The second-order valence-corrected chi connectivity index (χ2v) is 7.66. The van der Waals surface area contributed by atoms with E-state index < -0.39 is 47.9 Å². The predicted octanol–water partition coefficient (Wildman–Crippen LogP) is -0.113. The standard InChI is InChI=1S/C21H32N4O6/c1-5-11(2)17(25-19(28)13(4)23-18(27)12(3)22)20(29)24-16(21(30)31)10-14-6-8-15(26)9-7-14/h6-9,11-13,16-17,26H,5,10,22H2,1-4H3,(H,23,27)(H,24,29)(H,25,28)(H,30,31). The molecule has 0 saturated carbocycles. The Kier molecular flexibility index (Phi) is 9.94. The second-order valence-electron chi connectivity index (χ2n) is 7.66. The van der Waals surface area contributed by atoms with Crippen LogP contribution in [0.1, 0.15) is 39.7 Å². The van der Waals surface area contributed by atoms with Gasteiger partial charge in [-0.15, -0.1) is 0 Å². The van der Waals surface area contributed by atoms with Crippen LogP contribution in [0.2, 0.25) is 0 Å². The Hall–Kier alpha value is -3.14. The van der Waals surface area contributed by atoms with Crippen LogP contribution in [-0.2, 0) is 25.6 Å². The molecule has 5 atom stereocenters. The van der Waals surface area contributed by atoms with Crippen molar-refractivity contribution < 1.29 is 29.4 Å². The molecule has 10 nitrogen and oxygen atoms in total. The molecular weight excluding hydrogens is 404 g/mol. The Balaban J connectivity index is 2.89. The van der Waals surface area contributed by atoms with Gasteiger partial charge in [0.15, 0.2) is 0 Å². The number of carboxylic acid groups (broad SMARTS) is 1. The zero-order chi connectivity index (χ0) is 23.7. The van der Waals surface area contributed by atoms with Crippen molar-refractivity contribution in [3.05, 3.63) is 29.8 Å². The third kappa shape index (κ3) is 8.25. The SMILES string of the molecule is CCC(C)C(NC(=O)C(C)NC(=O)C(C)N)C(=O)NC(Cc1ccc(O)cc1)C(=O)O. The number of phenols is 1. The maximum Gasteiger partial charge on any atom is 0.326 e.